The van der Waals surface area contributed by atoms with Crippen LogP contribution >= 0.6 is 11.3 Å². The predicted molar refractivity (Wildman–Crippen MR) is 111 cm³/mol. The highest BCUT2D eigenvalue weighted by Gasteiger charge is 2.15. The molecule has 3 aromatic heterocycles. The molecule has 0 atom stereocenters. The molecule has 0 bridgehead atoms. The molecule has 0 unspecified atom stereocenters. The number of thiophene rings is 1. The number of nitrogens with zero attached hydrogens (tertiary/aromatic N) is 3. The molecule has 4 rings (SSSR count). The number of pyridine rings is 1. The molecule has 3 heterocycles. The number of Topliss-reactive ketones (excluding diaryl/α,β-unsaturated/α-hetero) is 1. The van der Waals surface area contributed by atoms with E-state index in [0.29, 0.717) is 6.54 Å². The first-order valence-corrected chi connectivity index (χ1v) is 10.2. The van der Waals surface area contributed by atoms with Crippen LogP contribution in [0.4, 0.5) is 0 Å². The van der Waals surface area contributed by atoms with Crippen molar-refractivity contribution in [2.24, 2.45) is 0 Å². The fraction of sp³-hybridized carbons (Fsp3) is 0.174. The van der Waals surface area contributed by atoms with Gasteiger partial charge in [0.05, 0.1) is 10.6 Å². The summed E-state index contributed by atoms with van der Waals surface area (Å²) in [7, 11) is 0. The van der Waals surface area contributed by atoms with Crippen molar-refractivity contribution in [2.45, 2.75) is 26.3 Å². The Kier molecular flexibility index (Phi) is 5.44. The lowest BCUT2D eigenvalue weighted by atomic mass is 10.1. The Morgan fingerprint density at radius 3 is 2.68 bits per heavy atom. The largest absolute Gasteiger partial charge is 0.286 e. The van der Waals surface area contributed by atoms with Crippen LogP contribution in [0.5, 0.6) is 0 Å². The summed E-state index contributed by atoms with van der Waals surface area (Å²) in [6.07, 6.45) is 7.74. The predicted octanol–water partition coefficient (Wildman–Crippen LogP) is 4.20. The van der Waals surface area contributed by atoms with E-state index in [-0.39, 0.29) is 5.78 Å². The molecule has 0 aliphatic rings. The Balaban J connectivity index is 1.44. The van der Waals surface area contributed by atoms with Crippen LogP contribution in [0.15, 0.2) is 79.3 Å². The molecule has 4 nitrogen and oxygen atoms in total. The third-order valence-corrected chi connectivity index (χ3v) is 5.65. The van der Waals surface area contributed by atoms with Crippen molar-refractivity contribution in [1.29, 1.82) is 0 Å². The smallest absolute Gasteiger partial charge is 0.237 e. The molecule has 28 heavy (non-hydrogen) atoms. The molecule has 1 aromatic carbocycles. The van der Waals surface area contributed by atoms with Gasteiger partial charge in [-0.1, -0.05) is 30.3 Å². The molecule has 0 spiro atoms. The van der Waals surface area contributed by atoms with Crippen molar-refractivity contribution in [1.82, 2.24) is 9.78 Å². The molecule has 0 saturated carbocycles. The summed E-state index contributed by atoms with van der Waals surface area (Å²) in [6, 6.07) is 20.3. The summed E-state index contributed by atoms with van der Waals surface area (Å²) < 4.78 is 3.79. The summed E-state index contributed by atoms with van der Waals surface area (Å²) in [5.41, 5.74) is 3.32. The second-order valence-electron chi connectivity index (χ2n) is 6.81. The SMILES string of the molecule is Cc1ccc(C(=O)C[n+]2cccc(-n3ccc(CCc4ccccc4)n3)c2)s1. The molecular formula is C23H22N3OS+. The maximum atomic E-state index is 12.5. The Hall–Kier alpha value is -3.05. The fourth-order valence-electron chi connectivity index (χ4n) is 3.13. The first kappa shape index (κ1) is 18.3. The van der Waals surface area contributed by atoms with Gasteiger partial charge in [0.1, 0.15) is 5.69 Å². The van der Waals surface area contributed by atoms with E-state index in [1.165, 1.54) is 5.56 Å². The van der Waals surface area contributed by atoms with E-state index in [1.807, 2.05) is 65.1 Å². The van der Waals surface area contributed by atoms with Crippen molar-refractivity contribution in [2.75, 3.05) is 0 Å². The summed E-state index contributed by atoms with van der Waals surface area (Å²) in [5.74, 6) is 0.129. The van der Waals surface area contributed by atoms with Gasteiger partial charge in [-0.25, -0.2) is 4.68 Å². The minimum atomic E-state index is 0.129. The molecule has 0 saturated heterocycles. The number of rotatable bonds is 7. The highest BCUT2D eigenvalue weighted by molar-refractivity contribution is 7.13. The van der Waals surface area contributed by atoms with Crippen molar-refractivity contribution >= 4 is 17.1 Å². The molecule has 4 aromatic rings. The fourth-order valence-corrected chi connectivity index (χ4v) is 3.92. The van der Waals surface area contributed by atoms with Gasteiger partial charge in [0.15, 0.2) is 12.4 Å². The number of carbonyl (C=O) groups is 1. The third kappa shape index (κ3) is 4.43. The van der Waals surface area contributed by atoms with Crippen LogP contribution in [0.2, 0.25) is 0 Å². The van der Waals surface area contributed by atoms with E-state index >= 15 is 0 Å². The Bertz CT molecular complexity index is 1080. The molecule has 0 radical (unpaired) electrons. The van der Waals surface area contributed by atoms with Gasteiger partial charge in [0, 0.05) is 17.1 Å². The van der Waals surface area contributed by atoms with E-state index in [9.17, 15) is 4.79 Å². The van der Waals surface area contributed by atoms with Crippen LogP contribution in [-0.4, -0.2) is 15.6 Å². The zero-order valence-electron chi connectivity index (χ0n) is 15.8. The second kappa shape index (κ2) is 8.31. The number of benzene rings is 1. The average molecular weight is 389 g/mol. The third-order valence-electron chi connectivity index (χ3n) is 4.61. The van der Waals surface area contributed by atoms with E-state index in [0.717, 1.165) is 34.0 Å². The van der Waals surface area contributed by atoms with Gasteiger partial charge >= 0.3 is 0 Å². The van der Waals surface area contributed by atoms with Gasteiger partial charge < -0.3 is 0 Å². The van der Waals surface area contributed by atoms with Crippen molar-refractivity contribution in [3.63, 3.8) is 0 Å². The first-order valence-electron chi connectivity index (χ1n) is 9.35. The molecule has 0 amide bonds. The van der Waals surface area contributed by atoms with Gasteiger partial charge in [-0.3, -0.25) is 4.79 Å². The van der Waals surface area contributed by atoms with E-state index in [1.54, 1.807) is 11.3 Å². The second-order valence-corrected chi connectivity index (χ2v) is 8.09. The lowest BCUT2D eigenvalue weighted by molar-refractivity contribution is -0.682. The molecule has 140 valence electrons. The van der Waals surface area contributed by atoms with Crippen LogP contribution < -0.4 is 4.57 Å². The van der Waals surface area contributed by atoms with E-state index < -0.39 is 0 Å². The van der Waals surface area contributed by atoms with Crippen LogP contribution in [0.1, 0.15) is 25.8 Å². The minimum Gasteiger partial charge on any atom is -0.286 e. The normalized spacial score (nSPS) is 10.9. The molecule has 0 N–H and O–H groups in total. The molecule has 0 aliphatic carbocycles. The lowest BCUT2D eigenvalue weighted by Crippen LogP contribution is -2.37. The minimum absolute atomic E-state index is 0.129. The van der Waals surface area contributed by atoms with E-state index in [2.05, 4.69) is 30.3 Å². The van der Waals surface area contributed by atoms with E-state index in [4.69, 9.17) is 5.10 Å². The van der Waals surface area contributed by atoms with Gasteiger partial charge in [0.25, 0.3) is 0 Å². The Morgan fingerprint density at radius 1 is 1.04 bits per heavy atom. The van der Waals surface area contributed by atoms with Gasteiger partial charge in [0.2, 0.25) is 12.3 Å². The van der Waals surface area contributed by atoms with Crippen LogP contribution in [0.25, 0.3) is 5.69 Å². The lowest BCUT2D eigenvalue weighted by Gasteiger charge is -2.01. The van der Waals surface area contributed by atoms with Crippen LogP contribution in [-0.2, 0) is 19.4 Å². The average Bonchev–Trinajstić information content (AvgIpc) is 3.37. The number of hydrogen-bond acceptors (Lipinski definition) is 3. The number of carbonyl (C=O) groups excluding carboxylic acids is 1. The summed E-state index contributed by atoms with van der Waals surface area (Å²) >= 11 is 1.54. The molecule has 0 fully saturated rings. The zero-order valence-corrected chi connectivity index (χ0v) is 16.6. The standard InChI is InChI=1S/C23H22N3OS/c1-18-9-12-23(28-18)22(27)17-25-14-5-8-21(16-25)26-15-13-20(24-26)11-10-19-6-3-2-4-7-19/h2-9,12-16H,10-11,17H2,1H3/q+1. The quantitative estimate of drug-likeness (QED) is 0.352. The number of aromatic nitrogens is 3. The molecular weight excluding hydrogens is 366 g/mol. The maximum absolute atomic E-state index is 12.5. The highest BCUT2D eigenvalue weighted by atomic mass is 32.1. The Labute approximate surface area is 168 Å². The number of hydrogen-bond donors (Lipinski definition) is 0. The van der Waals surface area contributed by atoms with Crippen molar-refractivity contribution < 1.29 is 9.36 Å². The first-order chi connectivity index (χ1) is 13.7. The maximum Gasteiger partial charge on any atom is 0.237 e. The molecule has 5 heteroatoms. The van der Waals surface area contributed by atoms with Crippen LogP contribution in [0, 0.1) is 6.92 Å². The topological polar surface area (TPSA) is 38.8 Å². The summed E-state index contributed by atoms with van der Waals surface area (Å²) in [4.78, 5) is 14.4. The molecule has 0 aliphatic heterocycles. The highest BCUT2D eigenvalue weighted by Crippen LogP contribution is 2.15. The van der Waals surface area contributed by atoms with Gasteiger partial charge in [-0.05, 0) is 49.6 Å². The Morgan fingerprint density at radius 2 is 1.89 bits per heavy atom. The van der Waals surface area contributed by atoms with Gasteiger partial charge in [-0.15, -0.1) is 11.3 Å². The zero-order chi connectivity index (χ0) is 19.3. The summed E-state index contributed by atoms with van der Waals surface area (Å²) in [5, 5.41) is 4.70. The monoisotopic (exact) mass is 388 g/mol. The summed E-state index contributed by atoms with van der Waals surface area (Å²) in [6.45, 7) is 2.35. The van der Waals surface area contributed by atoms with Crippen molar-refractivity contribution in [3.05, 3.63) is 100 Å². The number of ketones is 1. The van der Waals surface area contributed by atoms with Crippen LogP contribution in [0.3, 0.4) is 0 Å². The number of aryl methyl sites for hydroxylation is 3. The van der Waals surface area contributed by atoms with Crippen molar-refractivity contribution in [3.8, 4) is 5.69 Å². The van der Waals surface area contributed by atoms with Gasteiger partial charge in [-0.2, -0.15) is 9.67 Å².